The number of hydrogen-bond acceptors (Lipinski definition) is 2. The van der Waals surface area contributed by atoms with Crippen LogP contribution >= 0.6 is 0 Å². The fourth-order valence-electron chi connectivity index (χ4n) is 6.91. The van der Waals surface area contributed by atoms with E-state index >= 15 is 0 Å². The maximum absolute atomic E-state index is 12.1. The Bertz CT molecular complexity index is 2470. The first-order chi connectivity index (χ1) is 23.5. The van der Waals surface area contributed by atoms with Crippen LogP contribution in [0.3, 0.4) is 0 Å². The van der Waals surface area contributed by atoms with Gasteiger partial charge in [-0.15, -0.1) is 17.0 Å². The summed E-state index contributed by atoms with van der Waals surface area (Å²) in [4.78, 5) is 5.15. The first kappa shape index (κ1) is 32.3. The molecule has 0 atom stereocenters. The van der Waals surface area contributed by atoms with Gasteiger partial charge in [-0.2, -0.15) is 36.4 Å². The number of aromatic hydroxyl groups is 1. The molecule has 0 unspecified atom stereocenters. The van der Waals surface area contributed by atoms with E-state index in [0.717, 1.165) is 67.6 Å². The quantitative estimate of drug-likeness (QED) is 0.129. The summed E-state index contributed by atoms with van der Waals surface area (Å²) in [5, 5.41) is 16.5. The van der Waals surface area contributed by atoms with Crippen molar-refractivity contribution < 1.29 is 26.2 Å². The van der Waals surface area contributed by atoms with Gasteiger partial charge in [-0.3, -0.25) is 4.57 Å². The number of para-hydroxylation sites is 2. The molecule has 0 aliphatic heterocycles. The molecule has 7 aromatic carbocycles. The van der Waals surface area contributed by atoms with Crippen molar-refractivity contribution in [1.29, 1.82) is 0 Å². The van der Waals surface area contributed by atoms with Crippen molar-refractivity contribution in [2.75, 3.05) is 0 Å². The SMILES string of the molecule is Cc1cc(C)cc(-n2c(-c3c(O)c(C/C=C/Cc4[c-]c(-c5[c-]cccc5)cc5ccccc45)cc4ccccc34)nc3ccccc32)c1.[Pt+2]. The van der Waals surface area contributed by atoms with Gasteiger partial charge in [-0.25, -0.2) is 16.1 Å². The summed E-state index contributed by atoms with van der Waals surface area (Å²) in [6.07, 6.45) is 5.66. The summed E-state index contributed by atoms with van der Waals surface area (Å²) < 4.78 is 2.19. The predicted octanol–water partition coefficient (Wildman–Crippen LogP) is 10.9. The number of aryl methyl sites for hydroxylation is 2. The monoisotopic (exact) mass is 813 g/mol. The molecule has 3 nitrogen and oxygen atoms in total. The van der Waals surface area contributed by atoms with Crippen molar-refractivity contribution in [1.82, 2.24) is 9.55 Å². The molecule has 49 heavy (non-hydrogen) atoms. The van der Waals surface area contributed by atoms with Gasteiger partial charge in [0.15, 0.2) is 0 Å². The van der Waals surface area contributed by atoms with E-state index < -0.39 is 0 Å². The van der Waals surface area contributed by atoms with E-state index in [-0.39, 0.29) is 26.8 Å². The van der Waals surface area contributed by atoms with E-state index in [1.165, 1.54) is 21.9 Å². The van der Waals surface area contributed by atoms with Crippen LogP contribution in [0, 0.1) is 26.0 Å². The Morgan fingerprint density at radius 2 is 1.37 bits per heavy atom. The normalized spacial score (nSPS) is 11.5. The Hall–Kier alpha value is -5.24. The fraction of sp³-hybridized carbons (Fsp3) is 0.0889. The Labute approximate surface area is 301 Å². The minimum atomic E-state index is 0. The van der Waals surface area contributed by atoms with Crippen LogP contribution in [0.1, 0.15) is 22.3 Å². The van der Waals surface area contributed by atoms with Crippen LogP contribution in [0.2, 0.25) is 0 Å². The van der Waals surface area contributed by atoms with E-state index in [1.54, 1.807) is 0 Å². The molecule has 0 fully saturated rings. The third-order valence-electron chi connectivity index (χ3n) is 9.05. The molecule has 1 N–H and O–H groups in total. The van der Waals surface area contributed by atoms with E-state index in [1.807, 2.05) is 48.5 Å². The van der Waals surface area contributed by atoms with Crippen LogP contribution in [0.25, 0.3) is 60.8 Å². The number of imidazole rings is 1. The third kappa shape index (κ3) is 6.23. The van der Waals surface area contributed by atoms with Gasteiger partial charge in [0.1, 0.15) is 11.6 Å². The van der Waals surface area contributed by atoms with Crippen molar-refractivity contribution in [3.05, 3.63) is 174 Å². The number of fused-ring (bicyclic) bond motifs is 3. The topological polar surface area (TPSA) is 38.0 Å². The van der Waals surface area contributed by atoms with Gasteiger partial charge in [-0.1, -0.05) is 84.3 Å². The van der Waals surface area contributed by atoms with E-state index in [4.69, 9.17) is 4.98 Å². The first-order valence-corrected chi connectivity index (χ1v) is 16.4. The summed E-state index contributed by atoms with van der Waals surface area (Å²) in [7, 11) is 0. The summed E-state index contributed by atoms with van der Waals surface area (Å²) in [5.74, 6) is 0.995. The van der Waals surface area contributed by atoms with E-state index in [2.05, 4.69) is 122 Å². The number of aromatic nitrogens is 2. The van der Waals surface area contributed by atoms with Crippen LogP contribution in [-0.4, -0.2) is 14.7 Å². The predicted molar refractivity (Wildman–Crippen MR) is 199 cm³/mol. The molecule has 0 amide bonds. The van der Waals surface area contributed by atoms with Crippen molar-refractivity contribution in [2.45, 2.75) is 26.7 Å². The van der Waals surface area contributed by atoms with Gasteiger partial charge in [0.25, 0.3) is 0 Å². The molecule has 0 saturated heterocycles. The van der Waals surface area contributed by atoms with Crippen molar-refractivity contribution in [2.24, 2.45) is 0 Å². The smallest absolute Gasteiger partial charge is 0.507 e. The molecule has 0 aliphatic carbocycles. The molecule has 8 rings (SSSR count). The first-order valence-electron chi connectivity index (χ1n) is 16.4. The molecule has 0 saturated carbocycles. The molecule has 4 heteroatoms. The standard InChI is InChI=1S/C45H34N2O.Pt/c1-30-24-31(2)26-38(25-30)47-42-23-13-12-22-41(42)46-45(47)43-40-21-11-9-18-35(40)27-36(44(43)48)19-7-6-16-33-28-37(32-14-4-3-5-15-32)29-34-17-8-10-20-39(33)34;/h3-14,17-18,20-27,29,48H,16,19H2,1-2H3;/q-2;+2/b7-6+;. The molecular formula is C45H34N2OPt. The van der Waals surface area contributed by atoms with Crippen molar-refractivity contribution in [3.63, 3.8) is 0 Å². The number of nitrogens with zero attached hydrogens (tertiary/aromatic N) is 2. The number of benzene rings is 7. The fourth-order valence-corrected chi connectivity index (χ4v) is 6.91. The molecular weight excluding hydrogens is 780 g/mol. The molecule has 0 spiro atoms. The van der Waals surface area contributed by atoms with Gasteiger partial charge in [0, 0.05) is 5.69 Å². The number of hydrogen-bond donors (Lipinski definition) is 1. The minimum Gasteiger partial charge on any atom is -0.507 e. The summed E-state index contributed by atoms with van der Waals surface area (Å²) in [5.41, 5.74) is 10.1. The van der Waals surface area contributed by atoms with Crippen molar-refractivity contribution in [3.8, 4) is 34.0 Å². The largest absolute Gasteiger partial charge is 2.00 e. The van der Waals surface area contributed by atoms with E-state index in [9.17, 15) is 5.11 Å². The average molecular weight is 814 g/mol. The minimum absolute atomic E-state index is 0. The average Bonchev–Trinajstić information content (AvgIpc) is 3.49. The van der Waals surface area contributed by atoms with Crippen LogP contribution in [0.15, 0.2) is 140 Å². The molecule has 1 heterocycles. The second-order valence-corrected chi connectivity index (χ2v) is 12.5. The Morgan fingerprint density at radius 1 is 0.694 bits per heavy atom. The zero-order chi connectivity index (χ0) is 32.6. The van der Waals surface area contributed by atoms with Crippen LogP contribution in [0.5, 0.6) is 5.75 Å². The number of allylic oxidation sites excluding steroid dienone is 2. The molecule has 240 valence electrons. The summed E-state index contributed by atoms with van der Waals surface area (Å²) in [6, 6.07) is 50.8. The maximum atomic E-state index is 12.1. The van der Waals surface area contributed by atoms with Crippen LogP contribution in [0.4, 0.5) is 0 Å². The molecule has 1 aromatic heterocycles. The number of phenolic OH excluding ortho intramolecular Hbond substituents is 1. The van der Waals surface area contributed by atoms with Gasteiger partial charge in [0.2, 0.25) is 0 Å². The van der Waals surface area contributed by atoms with Crippen molar-refractivity contribution >= 4 is 32.6 Å². The Morgan fingerprint density at radius 3 is 2.14 bits per heavy atom. The maximum Gasteiger partial charge on any atom is 2.00 e. The zero-order valence-corrected chi connectivity index (χ0v) is 29.6. The second-order valence-electron chi connectivity index (χ2n) is 12.5. The van der Waals surface area contributed by atoms with Gasteiger partial charge in [0.05, 0.1) is 16.6 Å². The zero-order valence-electron chi connectivity index (χ0n) is 27.4. The summed E-state index contributed by atoms with van der Waals surface area (Å²) >= 11 is 0. The van der Waals surface area contributed by atoms with Gasteiger partial charge in [-0.05, 0) is 84.5 Å². The molecule has 0 bridgehead atoms. The van der Waals surface area contributed by atoms with Crippen LogP contribution < -0.4 is 0 Å². The Balaban J connectivity index is 0.00000378. The van der Waals surface area contributed by atoms with Gasteiger partial charge >= 0.3 is 21.1 Å². The molecule has 8 aromatic rings. The number of phenols is 1. The third-order valence-corrected chi connectivity index (χ3v) is 9.05. The second kappa shape index (κ2) is 13.7. The van der Waals surface area contributed by atoms with Gasteiger partial charge < -0.3 is 5.11 Å². The van der Waals surface area contributed by atoms with E-state index in [0.29, 0.717) is 6.42 Å². The summed E-state index contributed by atoms with van der Waals surface area (Å²) in [6.45, 7) is 4.23. The molecule has 0 radical (unpaired) electrons. The Kier molecular flexibility index (Phi) is 9.04. The molecule has 0 aliphatic rings. The number of rotatable bonds is 7. The van der Waals surface area contributed by atoms with Crippen LogP contribution in [-0.2, 0) is 33.9 Å².